The lowest BCUT2D eigenvalue weighted by molar-refractivity contribution is 0.477. The highest BCUT2D eigenvalue weighted by Crippen LogP contribution is 2.16. The summed E-state index contributed by atoms with van der Waals surface area (Å²) in [6.45, 7) is 6.73. The van der Waals surface area contributed by atoms with Crippen molar-refractivity contribution in [1.29, 1.82) is 0 Å². The number of aryl methyl sites for hydroxylation is 1. The Morgan fingerprint density at radius 3 is 2.14 bits per heavy atom. The summed E-state index contributed by atoms with van der Waals surface area (Å²) >= 11 is 0. The third-order valence-corrected chi connectivity index (χ3v) is 3.94. The lowest BCUT2D eigenvalue weighted by atomic mass is 10.0. The molecule has 0 aliphatic heterocycles. The van der Waals surface area contributed by atoms with Crippen LogP contribution in [0.3, 0.4) is 0 Å². The predicted molar refractivity (Wildman–Crippen MR) is 91.6 cm³/mol. The van der Waals surface area contributed by atoms with E-state index < -0.39 is 0 Å². The molecule has 0 saturated heterocycles. The second-order valence-electron chi connectivity index (χ2n) is 5.97. The molecule has 0 fully saturated rings. The minimum atomic E-state index is 0.388. The van der Waals surface area contributed by atoms with Gasteiger partial charge in [0.2, 0.25) is 0 Å². The summed E-state index contributed by atoms with van der Waals surface area (Å²) in [5.41, 5.74) is 4.20. The highest BCUT2D eigenvalue weighted by Gasteiger charge is 2.10. The van der Waals surface area contributed by atoms with Crippen LogP contribution < -0.4 is 5.32 Å². The van der Waals surface area contributed by atoms with Crippen LogP contribution in [-0.4, -0.2) is 6.04 Å². The highest BCUT2D eigenvalue weighted by atomic mass is 14.9. The first-order chi connectivity index (χ1) is 10.2. The molecule has 1 N–H and O–H groups in total. The zero-order valence-electron chi connectivity index (χ0n) is 13.5. The van der Waals surface area contributed by atoms with Crippen molar-refractivity contribution in [3.63, 3.8) is 0 Å². The van der Waals surface area contributed by atoms with E-state index in [1.807, 2.05) is 0 Å². The van der Waals surface area contributed by atoms with Gasteiger partial charge in [0.15, 0.2) is 0 Å². The van der Waals surface area contributed by atoms with E-state index in [-0.39, 0.29) is 0 Å². The topological polar surface area (TPSA) is 12.0 Å². The lowest BCUT2D eigenvalue weighted by Gasteiger charge is -2.21. The second kappa shape index (κ2) is 7.99. The van der Waals surface area contributed by atoms with Crippen molar-refractivity contribution in [2.75, 3.05) is 0 Å². The van der Waals surface area contributed by atoms with Gasteiger partial charge in [-0.1, -0.05) is 67.9 Å². The average Bonchev–Trinajstić information content (AvgIpc) is 2.49. The summed E-state index contributed by atoms with van der Waals surface area (Å²) in [5.74, 6) is 0. The smallest absolute Gasteiger partial charge is 0.0294 e. The molecule has 0 aliphatic rings. The average molecular weight is 281 g/mol. The Kier molecular flexibility index (Phi) is 6.01. The normalized spacial score (nSPS) is 13.9. The van der Waals surface area contributed by atoms with Crippen LogP contribution in [-0.2, 0) is 12.8 Å². The number of rotatable bonds is 7. The minimum absolute atomic E-state index is 0.388. The van der Waals surface area contributed by atoms with E-state index in [1.165, 1.54) is 29.5 Å². The second-order valence-corrected chi connectivity index (χ2v) is 5.97. The molecule has 0 aliphatic carbocycles. The maximum Gasteiger partial charge on any atom is 0.0294 e. The fraction of sp³-hybridized carbons (Fsp3) is 0.400. The number of nitrogens with one attached hydrogen (secondary N) is 1. The van der Waals surface area contributed by atoms with Crippen LogP contribution in [0.1, 0.15) is 49.9 Å². The Labute approximate surface area is 129 Å². The molecule has 0 amide bonds. The van der Waals surface area contributed by atoms with Gasteiger partial charge in [0, 0.05) is 12.1 Å². The van der Waals surface area contributed by atoms with Crippen LogP contribution in [0, 0.1) is 0 Å². The molecular formula is C20H27N. The van der Waals surface area contributed by atoms with Gasteiger partial charge in [-0.05, 0) is 43.4 Å². The van der Waals surface area contributed by atoms with E-state index in [9.17, 15) is 0 Å². The van der Waals surface area contributed by atoms with Gasteiger partial charge in [-0.25, -0.2) is 0 Å². The largest absolute Gasteiger partial charge is 0.307 e. The predicted octanol–water partition coefficient (Wildman–Crippen LogP) is 4.92. The van der Waals surface area contributed by atoms with E-state index in [0.717, 1.165) is 6.42 Å². The first-order valence-corrected chi connectivity index (χ1v) is 8.08. The van der Waals surface area contributed by atoms with E-state index in [4.69, 9.17) is 0 Å². The fourth-order valence-corrected chi connectivity index (χ4v) is 2.81. The maximum atomic E-state index is 3.70. The van der Waals surface area contributed by atoms with Gasteiger partial charge in [0.25, 0.3) is 0 Å². The molecule has 0 saturated carbocycles. The first-order valence-electron chi connectivity index (χ1n) is 8.08. The summed E-state index contributed by atoms with van der Waals surface area (Å²) in [6.07, 6.45) is 3.45. The van der Waals surface area contributed by atoms with Crippen LogP contribution in [0.15, 0.2) is 54.6 Å². The molecule has 2 aromatic rings. The van der Waals surface area contributed by atoms with E-state index >= 15 is 0 Å². The van der Waals surface area contributed by atoms with Crippen LogP contribution in [0.5, 0.6) is 0 Å². The Morgan fingerprint density at radius 1 is 0.857 bits per heavy atom. The number of hydrogen-bond acceptors (Lipinski definition) is 1. The van der Waals surface area contributed by atoms with E-state index in [1.54, 1.807) is 0 Å². The quantitative estimate of drug-likeness (QED) is 0.759. The molecule has 1 heteroatoms. The molecule has 2 atom stereocenters. The Hall–Kier alpha value is -1.60. The first kappa shape index (κ1) is 15.8. The van der Waals surface area contributed by atoms with Gasteiger partial charge >= 0.3 is 0 Å². The monoisotopic (exact) mass is 281 g/mol. The molecule has 2 rings (SSSR count). The molecular weight excluding hydrogens is 254 g/mol. The SMILES string of the molecule is CCCc1ccc(C(C)NC(C)Cc2ccccc2)cc1. The molecule has 0 heterocycles. The summed E-state index contributed by atoms with van der Waals surface area (Å²) in [6, 6.07) is 20.6. The lowest BCUT2D eigenvalue weighted by Crippen LogP contribution is -2.30. The minimum Gasteiger partial charge on any atom is -0.307 e. The van der Waals surface area contributed by atoms with E-state index in [0.29, 0.717) is 12.1 Å². The van der Waals surface area contributed by atoms with Crippen LogP contribution in [0.25, 0.3) is 0 Å². The molecule has 2 unspecified atom stereocenters. The standard InChI is InChI=1S/C20H27N/c1-4-8-18-11-13-20(14-12-18)17(3)21-16(2)15-19-9-6-5-7-10-19/h5-7,9-14,16-17,21H,4,8,15H2,1-3H3. The molecule has 2 aromatic carbocycles. The molecule has 0 spiro atoms. The van der Waals surface area contributed by atoms with Crippen molar-refractivity contribution in [1.82, 2.24) is 5.32 Å². The van der Waals surface area contributed by atoms with Gasteiger partial charge in [0.05, 0.1) is 0 Å². The highest BCUT2D eigenvalue weighted by molar-refractivity contribution is 5.25. The van der Waals surface area contributed by atoms with Crippen molar-refractivity contribution in [2.45, 2.75) is 52.1 Å². The van der Waals surface area contributed by atoms with E-state index in [2.05, 4.69) is 80.7 Å². The molecule has 1 nitrogen and oxygen atoms in total. The number of hydrogen-bond donors (Lipinski definition) is 1. The zero-order chi connectivity index (χ0) is 15.1. The molecule has 112 valence electrons. The Bertz CT molecular complexity index is 515. The van der Waals surface area contributed by atoms with Crippen molar-refractivity contribution in [2.24, 2.45) is 0 Å². The van der Waals surface area contributed by atoms with Crippen molar-refractivity contribution >= 4 is 0 Å². The fourth-order valence-electron chi connectivity index (χ4n) is 2.81. The summed E-state index contributed by atoms with van der Waals surface area (Å²) in [4.78, 5) is 0. The molecule has 0 radical (unpaired) electrons. The summed E-state index contributed by atoms with van der Waals surface area (Å²) in [5, 5.41) is 3.70. The van der Waals surface area contributed by atoms with Gasteiger partial charge in [-0.3, -0.25) is 0 Å². The van der Waals surface area contributed by atoms with Crippen LogP contribution >= 0.6 is 0 Å². The third kappa shape index (κ3) is 5.02. The molecule has 21 heavy (non-hydrogen) atoms. The van der Waals surface area contributed by atoms with Gasteiger partial charge in [0.1, 0.15) is 0 Å². The molecule has 0 aromatic heterocycles. The van der Waals surface area contributed by atoms with Crippen molar-refractivity contribution in [3.8, 4) is 0 Å². The maximum absolute atomic E-state index is 3.70. The number of benzene rings is 2. The van der Waals surface area contributed by atoms with Gasteiger partial charge in [-0.2, -0.15) is 0 Å². The third-order valence-electron chi connectivity index (χ3n) is 3.94. The van der Waals surface area contributed by atoms with Gasteiger partial charge < -0.3 is 5.32 Å². The van der Waals surface area contributed by atoms with Crippen molar-refractivity contribution < 1.29 is 0 Å². The Balaban J connectivity index is 1.89. The Morgan fingerprint density at radius 2 is 1.52 bits per heavy atom. The van der Waals surface area contributed by atoms with Crippen LogP contribution in [0.4, 0.5) is 0 Å². The van der Waals surface area contributed by atoms with Crippen molar-refractivity contribution in [3.05, 3.63) is 71.3 Å². The summed E-state index contributed by atoms with van der Waals surface area (Å²) in [7, 11) is 0. The van der Waals surface area contributed by atoms with Gasteiger partial charge in [-0.15, -0.1) is 0 Å². The summed E-state index contributed by atoms with van der Waals surface area (Å²) < 4.78 is 0. The molecule has 0 bridgehead atoms. The van der Waals surface area contributed by atoms with Crippen LogP contribution in [0.2, 0.25) is 0 Å². The zero-order valence-corrected chi connectivity index (χ0v) is 13.5.